The molecule has 0 radical (unpaired) electrons. The Hall–Kier alpha value is -2.72. The quantitative estimate of drug-likeness (QED) is 0.233. The summed E-state index contributed by atoms with van der Waals surface area (Å²) < 4.78 is 16.6. The second-order valence-corrected chi connectivity index (χ2v) is 10.7. The van der Waals surface area contributed by atoms with Crippen molar-refractivity contribution in [3.8, 4) is 0 Å². The Morgan fingerprint density at radius 2 is 1.62 bits per heavy atom. The van der Waals surface area contributed by atoms with Crippen molar-refractivity contribution in [2.45, 2.75) is 6.42 Å². The lowest BCUT2D eigenvalue weighted by Gasteiger charge is -2.11. The molecule has 0 saturated heterocycles. The van der Waals surface area contributed by atoms with Crippen LogP contribution in [0.2, 0.25) is 0 Å². The standard InChI is InChI=1S/C20H25N4O6PS/c1-24(2)18-9-7-17(8-10-18)23-22-16-5-3-15(4-6-16)20(27)21-12-13-30-31(28,29)32-14-11-19(25)26/h3-10H,11-14H2,1-2H3,(H,21,27)(H,25,26)(H,28,29)/b23-22+. The molecule has 0 saturated carbocycles. The summed E-state index contributed by atoms with van der Waals surface area (Å²) in [5.74, 6) is -1.47. The molecule has 12 heteroatoms. The summed E-state index contributed by atoms with van der Waals surface area (Å²) >= 11 is 0.543. The maximum Gasteiger partial charge on any atom is 0.386 e. The molecule has 0 fully saturated rings. The minimum atomic E-state index is -3.95. The largest absolute Gasteiger partial charge is 0.481 e. The van der Waals surface area contributed by atoms with E-state index in [1.54, 1.807) is 24.3 Å². The van der Waals surface area contributed by atoms with E-state index in [1.807, 2.05) is 43.3 Å². The predicted molar refractivity (Wildman–Crippen MR) is 124 cm³/mol. The lowest BCUT2D eigenvalue weighted by molar-refractivity contribution is -0.136. The highest BCUT2D eigenvalue weighted by Gasteiger charge is 2.20. The molecule has 2 aromatic rings. The van der Waals surface area contributed by atoms with Crippen LogP contribution in [0.15, 0.2) is 58.8 Å². The molecular weight excluding hydrogens is 455 g/mol. The van der Waals surface area contributed by atoms with Crippen molar-refractivity contribution in [1.82, 2.24) is 5.32 Å². The Balaban J connectivity index is 1.78. The summed E-state index contributed by atoms with van der Waals surface area (Å²) in [6, 6.07) is 14.1. The van der Waals surface area contributed by atoms with E-state index < -0.39 is 12.8 Å². The van der Waals surface area contributed by atoms with Gasteiger partial charge < -0.3 is 20.2 Å². The first-order chi connectivity index (χ1) is 15.2. The third kappa shape index (κ3) is 9.19. The van der Waals surface area contributed by atoms with E-state index in [9.17, 15) is 19.0 Å². The summed E-state index contributed by atoms with van der Waals surface area (Å²) in [5, 5.41) is 19.4. The maximum atomic E-state index is 12.2. The van der Waals surface area contributed by atoms with Crippen LogP contribution >= 0.6 is 18.2 Å². The van der Waals surface area contributed by atoms with Gasteiger partial charge in [-0.3, -0.25) is 14.1 Å². The molecule has 0 aliphatic rings. The number of anilines is 1. The number of azo groups is 1. The number of nitrogens with one attached hydrogen (secondary N) is 1. The van der Waals surface area contributed by atoms with Crippen LogP contribution in [0.5, 0.6) is 0 Å². The summed E-state index contributed by atoms with van der Waals surface area (Å²) in [4.78, 5) is 34.2. The fraction of sp³-hybridized carbons (Fsp3) is 0.300. The lowest BCUT2D eigenvalue weighted by Crippen LogP contribution is -2.26. The Kier molecular flexibility index (Phi) is 9.86. The number of carboxylic acids is 1. The van der Waals surface area contributed by atoms with E-state index in [-0.39, 0.29) is 31.2 Å². The molecule has 1 atom stereocenters. The number of carboxylic acid groups (broad SMARTS) is 1. The topological polar surface area (TPSA) is 141 Å². The monoisotopic (exact) mass is 480 g/mol. The highest BCUT2D eigenvalue weighted by Crippen LogP contribution is 2.55. The molecule has 1 unspecified atom stereocenters. The number of carbonyl (C=O) groups excluding carboxylic acids is 1. The fourth-order valence-corrected chi connectivity index (χ4v) is 4.63. The molecule has 0 aliphatic carbocycles. The fourth-order valence-electron chi connectivity index (χ4n) is 2.33. The van der Waals surface area contributed by atoms with Gasteiger partial charge in [-0.05, 0) is 59.9 Å². The summed E-state index contributed by atoms with van der Waals surface area (Å²) in [6.07, 6.45) is -0.242. The van der Waals surface area contributed by atoms with Crippen molar-refractivity contribution in [2.75, 3.05) is 37.9 Å². The molecule has 0 spiro atoms. The second kappa shape index (κ2) is 12.4. The Morgan fingerprint density at radius 3 is 2.16 bits per heavy atom. The van der Waals surface area contributed by atoms with Crippen LogP contribution in [0.4, 0.5) is 17.1 Å². The van der Waals surface area contributed by atoms with E-state index in [4.69, 9.17) is 9.63 Å². The number of carbonyl (C=O) groups is 2. The Bertz CT molecular complexity index is 983. The van der Waals surface area contributed by atoms with E-state index >= 15 is 0 Å². The van der Waals surface area contributed by atoms with Gasteiger partial charge in [0.2, 0.25) is 0 Å². The average molecular weight is 480 g/mol. The first-order valence-electron chi connectivity index (χ1n) is 9.57. The van der Waals surface area contributed by atoms with Crippen molar-refractivity contribution in [2.24, 2.45) is 10.2 Å². The van der Waals surface area contributed by atoms with Crippen LogP contribution in [-0.2, 0) is 13.9 Å². The van der Waals surface area contributed by atoms with Gasteiger partial charge in [0.15, 0.2) is 0 Å². The number of rotatable bonds is 12. The van der Waals surface area contributed by atoms with Crippen molar-refractivity contribution in [3.63, 3.8) is 0 Å². The molecule has 0 aliphatic heterocycles. The van der Waals surface area contributed by atoms with E-state index in [0.717, 1.165) is 5.69 Å². The van der Waals surface area contributed by atoms with Crippen LogP contribution in [0, 0.1) is 0 Å². The number of amides is 1. The van der Waals surface area contributed by atoms with Gasteiger partial charge >= 0.3 is 12.8 Å². The smallest absolute Gasteiger partial charge is 0.386 e. The molecule has 172 valence electrons. The van der Waals surface area contributed by atoms with Crippen molar-refractivity contribution in [3.05, 3.63) is 54.1 Å². The van der Waals surface area contributed by atoms with Crippen LogP contribution in [0.25, 0.3) is 0 Å². The van der Waals surface area contributed by atoms with Gasteiger partial charge in [-0.15, -0.1) is 0 Å². The number of nitrogens with zero attached hydrogens (tertiary/aromatic N) is 3. The zero-order valence-electron chi connectivity index (χ0n) is 17.7. The van der Waals surface area contributed by atoms with Crippen LogP contribution < -0.4 is 10.2 Å². The number of benzene rings is 2. The highest BCUT2D eigenvalue weighted by atomic mass is 32.7. The summed E-state index contributed by atoms with van der Waals surface area (Å²) in [7, 11) is 3.91. The molecule has 0 heterocycles. The Morgan fingerprint density at radius 1 is 1.06 bits per heavy atom. The van der Waals surface area contributed by atoms with Gasteiger partial charge in [-0.25, -0.2) is 4.57 Å². The minimum Gasteiger partial charge on any atom is -0.481 e. The Labute approximate surface area is 190 Å². The summed E-state index contributed by atoms with van der Waals surface area (Å²) in [6.45, 7) is -4.11. The highest BCUT2D eigenvalue weighted by molar-refractivity contribution is 8.54. The first-order valence-corrected chi connectivity index (χ1v) is 12.7. The van der Waals surface area contributed by atoms with Crippen molar-refractivity contribution in [1.29, 1.82) is 0 Å². The number of hydrogen-bond acceptors (Lipinski definition) is 8. The van der Waals surface area contributed by atoms with Gasteiger partial charge in [0.1, 0.15) is 0 Å². The third-order valence-corrected chi connectivity index (χ3v) is 7.05. The second-order valence-electron chi connectivity index (χ2n) is 6.69. The number of hydrogen-bond donors (Lipinski definition) is 3. The molecule has 2 aromatic carbocycles. The van der Waals surface area contributed by atoms with Gasteiger partial charge in [0.25, 0.3) is 5.91 Å². The molecule has 32 heavy (non-hydrogen) atoms. The molecule has 3 N–H and O–H groups in total. The SMILES string of the molecule is CN(C)c1ccc(/N=N/c2ccc(C(=O)NCCOP(=O)(O)SCCC(=O)O)cc2)cc1. The van der Waals surface area contributed by atoms with Crippen LogP contribution in [-0.4, -0.2) is 54.9 Å². The normalized spacial score (nSPS) is 13.0. The predicted octanol–water partition coefficient (Wildman–Crippen LogP) is 4.22. The maximum absolute atomic E-state index is 12.2. The van der Waals surface area contributed by atoms with Crippen molar-refractivity contribution < 1.29 is 28.7 Å². The molecule has 1 amide bonds. The average Bonchev–Trinajstić information content (AvgIpc) is 2.75. The zero-order valence-corrected chi connectivity index (χ0v) is 19.4. The number of aliphatic carboxylic acids is 1. The summed E-state index contributed by atoms with van der Waals surface area (Å²) in [5.41, 5.74) is 2.74. The molecule has 0 aromatic heterocycles. The van der Waals surface area contributed by atoms with Gasteiger partial charge in [-0.1, -0.05) is 0 Å². The molecule has 10 nitrogen and oxygen atoms in total. The molecular formula is C20H25N4O6PS. The zero-order chi connectivity index (χ0) is 23.6. The lowest BCUT2D eigenvalue weighted by atomic mass is 10.2. The first kappa shape index (κ1) is 25.5. The van der Waals surface area contributed by atoms with Crippen LogP contribution in [0.3, 0.4) is 0 Å². The van der Waals surface area contributed by atoms with Crippen LogP contribution in [0.1, 0.15) is 16.8 Å². The van der Waals surface area contributed by atoms with E-state index in [0.29, 0.717) is 28.3 Å². The van der Waals surface area contributed by atoms with E-state index in [1.165, 1.54) is 0 Å². The third-order valence-electron chi connectivity index (χ3n) is 3.99. The minimum absolute atomic E-state index is 0.0211. The molecule has 0 bridgehead atoms. The van der Waals surface area contributed by atoms with Gasteiger partial charge in [-0.2, -0.15) is 10.2 Å². The van der Waals surface area contributed by atoms with E-state index in [2.05, 4.69) is 15.5 Å². The molecule has 2 rings (SSSR count). The van der Waals surface area contributed by atoms with Gasteiger partial charge in [0, 0.05) is 37.6 Å². The van der Waals surface area contributed by atoms with Gasteiger partial charge in [0.05, 0.1) is 24.4 Å². The van der Waals surface area contributed by atoms with Crippen molar-refractivity contribution >= 4 is 47.1 Å².